The number of nitrogens with zero attached hydrogens (tertiary/aromatic N) is 2. The minimum Gasteiger partial charge on any atom is -0.296 e. The van der Waals surface area contributed by atoms with Crippen molar-refractivity contribution in [3.05, 3.63) is 64.7 Å². The summed E-state index contributed by atoms with van der Waals surface area (Å²) >= 11 is 7.37. The molecule has 3 rings (SSSR count). The van der Waals surface area contributed by atoms with Gasteiger partial charge in [-0.1, -0.05) is 73.2 Å². The first kappa shape index (κ1) is 16.6. The number of rotatable bonds is 4. The quantitative estimate of drug-likeness (QED) is 0.695. The van der Waals surface area contributed by atoms with Gasteiger partial charge in [0.1, 0.15) is 5.01 Å². The number of halogens is 1. The molecule has 0 bridgehead atoms. The van der Waals surface area contributed by atoms with Crippen molar-refractivity contribution in [2.75, 3.05) is 5.32 Å². The molecule has 6 heteroatoms. The van der Waals surface area contributed by atoms with E-state index in [9.17, 15) is 4.79 Å². The lowest BCUT2D eigenvalue weighted by molar-refractivity contribution is 0.102. The summed E-state index contributed by atoms with van der Waals surface area (Å²) in [5, 5.41) is 12.5. The molecule has 0 aliphatic carbocycles. The van der Waals surface area contributed by atoms with Crippen LogP contribution >= 0.6 is 22.9 Å². The van der Waals surface area contributed by atoms with E-state index in [-0.39, 0.29) is 5.91 Å². The average Bonchev–Trinajstić information content (AvgIpc) is 3.03. The van der Waals surface area contributed by atoms with Gasteiger partial charge in [-0.2, -0.15) is 0 Å². The van der Waals surface area contributed by atoms with Gasteiger partial charge in [0.25, 0.3) is 5.91 Å². The Kier molecular flexibility index (Phi) is 4.92. The highest BCUT2D eigenvalue weighted by atomic mass is 35.5. The van der Waals surface area contributed by atoms with Crippen LogP contribution in [0.4, 0.5) is 5.13 Å². The van der Waals surface area contributed by atoms with Gasteiger partial charge >= 0.3 is 0 Å². The van der Waals surface area contributed by atoms with E-state index >= 15 is 0 Å². The highest BCUT2D eigenvalue weighted by Crippen LogP contribution is 2.28. The SMILES string of the molecule is CC(C)c1ccc(-c2nnc(NC(=O)c3ccccc3Cl)s2)cc1. The molecule has 122 valence electrons. The molecule has 0 saturated heterocycles. The van der Waals surface area contributed by atoms with E-state index in [0.717, 1.165) is 10.6 Å². The predicted molar refractivity (Wildman–Crippen MR) is 98.8 cm³/mol. The number of nitrogens with one attached hydrogen (secondary N) is 1. The molecule has 0 aliphatic rings. The van der Waals surface area contributed by atoms with Crippen molar-refractivity contribution in [3.63, 3.8) is 0 Å². The normalized spacial score (nSPS) is 10.8. The molecule has 0 radical (unpaired) electrons. The van der Waals surface area contributed by atoms with Gasteiger partial charge < -0.3 is 0 Å². The second-order valence-electron chi connectivity index (χ2n) is 5.62. The molecule has 0 aliphatic heterocycles. The molecule has 1 aromatic heterocycles. The molecule has 0 fully saturated rings. The van der Waals surface area contributed by atoms with Gasteiger partial charge in [0.2, 0.25) is 5.13 Å². The van der Waals surface area contributed by atoms with E-state index in [0.29, 0.717) is 21.6 Å². The Bertz CT molecular complexity index is 859. The van der Waals surface area contributed by atoms with Gasteiger partial charge in [-0.25, -0.2) is 0 Å². The van der Waals surface area contributed by atoms with Crippen LogP contribution in [0.1, 0.15) is 35.7 Å². The van der Waals surface area contributed by atoms with E-state index in [1.54, 1.807) is 24.3 Å². The van der Waals surface area contributed by atoms with Gasteiger partial charge in [0.15, 0.2) is 0 Å². The Hall–Kier alpha value is -2.24. The molecule has 0 unspecified atom stereocenters. The van der Waals surface area contributed by atoms with Crippen LogP contribution in [-0.2, 0) is 0 Å². The number of carbonyl (C=O) groups excluding carboxylic acids is 1. The van der Waals surface area contributed by atoms with Crippen molar-refractivity contribution in [1.29, 1.82) is 0 Å². The van der Waals surface area contributed by atoms with E-state index in [2.05, 4.69) is 41.5 Å². The zero-order valence-corrected chi connectivity index (χ0v) is 14.9. The molecule has 0 saturated carbocycles. The van der Waals surface area contributed by atoms with Crippen molar-refractivity contribution in [2.45, 2.75) is 19.8 Å². The second kappa shape index (κ2) is 7.11. The van der Waals surface area contributed by atoms with Crippen molar-refractivity contribution in [2.24, 2.45) is 0 Å². The first-order valence-corrected chi connectivity index (χ1v) is 8.74. The van der Waals surface area contributed by atoms with Crippen LogP contribution in [-0.4, -0.2) is 16.1 Å². The van der Waals surface area contributed by atoms with Crippen molar-refractivity contribution in [1.82, 2.24) is 10.2 Å². The summed E-state index contributed by atoms with van der Waals surface area (Å²) in [7, 11) is 0. The Labute approximate surface area is 149 Å². The van der Waals surface area contributed by atoms with Crippen LogP contribution in [0.3, 0.4) is 0 Å². The Morgan fingerprint density at radius 3 is 2.46 bits per heavy atom. The predicted octanol–water partition coefficient (Wildman–Crippen LogP) is 5.23. The summed E-state index contributed by atoms with van der Waals surface area (Å²) in [6, 6.07) is 15.1. The lowest BCUT2D eigenvalue weighted by Crippen LogP contribution is -2.12. The van der Waals surface area contributed by atoms with Gasteiger partial charge in [0.05, 0.1) is 10.6 Å². The number of amides is 1. The fraction of sp³-hybridized carbons (Fsp3) is 0.167. The van der Waals surface area contributed by atoms with E-state index in [1.165, 1.54) is 16.9 Å². The maximum Gasteiger partial charge on any atom is 0.259 e. The summed E-state index contributed by atoms with van der Waals surface area (Å²) in [6.07, 6.45) is 0. The molecule has 3 aromatic rings. The molecule has 4 nitrogen and oxygen atoms in total. The summed E-state index contributed by atoms with van der Waals surface area (Å²) < 4.78 is 0. The lowest BCUT2D eigenvalue weighted by Gasteiger charge is -2.05. The maximum atomic E-state index is 12.2. The van der Waals surface area contributed by atoms with Gasteiger partial charge in [0, 0.05) is 5.56 Å². The van der Waals surface area contributed by atoms with Gasteiger partial charge in [-0.05, 0) is 23.6 Å². The summed E-state index contributed by atoms with van der Waals surface area (Å²) in [5.41, 5.74) is 2.67. The van der Waals surface area contributed by atoms with E-state index in [1.807, 2.05) is 12.1 Å². The summed E-state index contributed by atoms with van der Waals surface area (Å²) in [4.78, 5) is 12.2. The number of aromatic nitrogens is 2. The maximum absolute atomic E-state index is 12.2. The molecule has 1 heterocycles. The minimum atomic E-state index is -0.293. The Balaban J connectivity index is 1.76. The molecule has 1 amide bonds. The fourth-order valence-corrected chi connectivity index (χ4v) is 3.18. The third-order valence-corrected chi connectivity index (χ3v) is 4.81. The Morgan fingerprint density at radius 1 is 1.08 bits per heavy atom. The van der Waals surface area contributed by atoms with Crippen LogP contribution in [0.25, 0.3) is 10.6 Å². The van der Waals surface area contributed by atoms with Gasteiger partial charge in [-0.15, -0.1) is 10.2 Å². The minimum absolute atomic E-state index is 0.293. The highest BCUT2D eigenvalue weighted by Gasteiger charge is 2.13. The third kappa shape index (κ3) is 3.63. The lowest BCUT2D eigenvalue weighted by atomic mass is 10.0. The summed E-state index contributed by atoms with van der Waals surface area (Å²) in [5.74, 6) is 0.192. The van der Waals surface area contributed by atoms with Crippen LogP contribution in [0.15, 0.2) is 48.5 Å². The largest absolute Gasteiger partial charge is 0.296 e. The smallest absolute Gasteiger partial charge is 0.259 e. The monoisotopic (exact) mass is 357 g/mol. The molecule has 24 heavy (non-hydrogen) atoms. The number of hydrogen-bond donors (Lipinski definition) is 1. The van der Waals surface area contributed by atoms with E-state index < -0.39 is 0 Å². The first-order valence-electron chi connectivity index (χ1n) is 7.54. The summed E-state index contributed by atoms with van der Waals surface area (Å²) in [6.45, 7) is 4.31. The molecule has 0 spiro atoms. The van der Waals surface area contributed by atoms with E-state index in [4.69, 9.17) is 11.6 Å². The topological polar surface area (TPSA) is 54.9 Å². The van der Waals surface area contributed by atoms with Crippen LogP contribution < -0.4 is 5.32 Å². The number of anilines is 1. The Morgan fingerprint density at radius 2 is 1.79 bits per heavy atom. The van der Waals surface area contributed by atoms with Crippen LogP contribution in [0.2, 0.25) is 5.02 Å². The number of carbonyl (C=O) groups is 1. The van der Waals surface area contributed by atoms with Crippen molar-refractivity contribution < 1.29 is 4.79 Å². The second-order valence-corrected chi connectivity index (χ2v) is 7.01. The van der Waals surface area contributed by atoms with Crippen molar-refractivity contribution in [3.8, 4) is 10.6 Å². The zero-order chi connectivity index (χ0) is 17.1. The first-order chi connectivity index (χ1) is 11.5. The van der Waals surface area contributed by atoms with Crippen molar-refractivity contribution >= 4 is 34.0 Å². The standard InChI is InChI=1S/C18H16ClN3OS/c1-11(2)12-7-9-13(10-8-12)17-21-22-18(24-17)20-16(23)14-5-3-4-6-15(14)19/h3-11H,1-2H3,(H,20,22,23). The highest BCUT2D eigenvalue weighted by molar-refractivity contribution is 7.18. The molecular weight excluding hydrogens is 342 g/mol. The molecule has 0 atom stereocenters. The third-order valence-electron chi connectivity index (χ3n) is 3.59. The molecule has 2 aromatic carbocycles. The van der Waals surface area contributed by atoms with Crippen LogP contribution in [0, 0.1) is 0 Å². The zero-order valence-electron chi connectivity index (χ0n) is 13.3. The fourth-order valence-electron chi connectivity index (χ4n) is 2.21. The molecule has 1 N–H and O–H groups in total. The number of benzene rings is 2. The molecular formula is C18H16ClN3OS. The van der Waals surface area contributed by atoms with Crippen LogP contribution in [0.5, 0.6) is 0 Å². The van der Waals surface area contributed by atoms with Gasteiger partial charge in [-0.3, -0.25) is 10.1 Å². The average molecular weight is 358 g/mol. The number of hydrogen-bond acceptors (Lipinski definition) is 4.